The molecular weight excluding hydrogens is 402 g/mol. The van der Waals surface area contributed by atoms with Crippen LogP contribution >= 0.6 is 11.6 Å². The van der Waals surface area contributed by atoms with E-state index in [0.717, 1.165) is 30.0 Å². The van der Waals surface area contributed by atoms with Crippen molar-refractivity contribution >= 4 is 11.6 Å². The zero-order valence-corrected chi connectivity index (χ0v) is 20.1. The lowest BCUT2D eigenvalue weighted by Crippen LogP contribution is -2.15. The first-order valence-electron chi connectivity index (χ1n) is 12.6. The minimum Gasteiger partial charge on any atom is -0.492 e. The van der Waals surface area contributed by atoms with E-state index in [2.05, 4.69) is 30.1 Å². The quantitative estimate of drug-likeness (QED) is 0.289. The Kier molecular flexibility index (Phi) is 10.7. The molecule has 3 rings (SSSR count). The largest absolute Gasteiger partial charge is 0.492 e. The average Bonchev–Trinajstić information content (AvgIpc) is 2.81. The van der Waals surface area contributed by atoms with Crippen LogP contribution in [0, 0.1) is 5.92 Å². The van der Waals surface area contributed by atoms with Gasteiger partial charge >= 0.3 is 0 Å². The highest BCUT2D eigenvalue weighted by atomic mass is 35.5. The minimum absolute atomic E-state index is 0.679. The van der Waals surface area contributed by atoms with Crippen LogP contribution in [0.3, 0.4) is 0 Å². The van der Waals surface area contributed by atoms with Crippen molar-refractivity contribution in [2.24, 2.45) is 5.92 Å². The van der Waals surface area contributed by atoms with Gasteiger partial charge in [-0.15, -0.1) is 0 Å². The monoisotopic (exact) mass is 441 g/mol. The fourth-order valence-electron chi connectivity index (χ4n) is 4.54. The molecule has 1 fully saturated rings. The van der Waals surface area contributed by atoms with Crippen molar-refractivity contribution < 1.29 is 4.74 Å². The van der Waals surface area contributed by atoms with Crippen molar-refractivity contribution in [2.45, 2.75) is 96.8 Å². The highest BCUT2D eigenvalue weighted by Gasteiger charge is 2.15. The molecule has 2 nitrogen and oxygen atoms in total. The van der Waals surface area contributed by atoms with Crippen LogP contribution in [0.2, 0.25) is 5.02 Å². The van der Waals surface area contributed by atoms with Crippen molar-refractivity contribution in [3.8, 4) is 17.0 Å². The van der Waals surface area contributed by atoms with Crippen LogP contribution in [0.15, 0.2) is 36.5 Å². The molecule has 1 aromatic heterocycles. The van der Waals surface area contributed by atoms with E-state index in [0.29, 0.717) is 10.9 Å². The Bertz CT molecular complexity index is 752. The van der Waals surface area contributed by atoms with E-state index in [1.807, 2.05) is 18.3 Å². The Morgan fingerprint density at radius 1 is 0.903 bits per heavy atom. The number of rotatable bonds is 13. The van der Waals surface area contributed by atoms with Gasteiger partial charge in [0.15, 0.2) is 0 Å². The third-order valence-electron chi connectivity index (χ3n) is 6.57. The Morgan fingerprint density at radius 2 is 1.65 bits per heavy atom. The van der Waals surface area contributed by atoms with Gasteiger partial charge in [0.05, 0.1) is 17.3 Å². The zero-order chi connectivity index (χ0) is 21.7. The second-order valence-electron chi connectivity index (χ2n) is 9.24. The molecule has 3 heteroatoms. The van der Waals surface area contributed by atoms with Gasteiger partial charge in [0.1, 0.15) is 5.75 Å². The molecule has 0 amide bonds. The molecule has 0 aliphatic heterocycles. The van der Waals surface area contributed by atoms with Gasteiger partial charge in [-0.05, 0) is 61.4 Å². The van der Waals surface area contributed by atoms with Gasteiger partial charge in [-0.3, -0.25) is 4.98 Å². The van der Waals surface area contributed by atoms with E-state index in [-0.39, 0.29) is 0 Å². The normalized spacial score (nSPS) is 14.6. The second-order valence-corrected chi connectivity index (χ2v) is 9.64. The molecule has 1 heterocycles. The topological polar surface area (TPSA) is 22.1 Å². The Balaban J connectivity index is 1.42. The van der Waals surface area contributed by atoms with Crippen molar-refractivity contribution in [2.75, 3.05) is 6.61 Å². The Morgan fingerprint density at radius 3 is 2.32 bits per heavy atom. The number of ether oxygens (including phenoxy) is 1. The predicted octanol–water partition coefficient (Wildman–Crippen LogP) is 9.04. The van der Waals surface area contributed by atoms with Crippen LogP contribution in [0.4, 0.5) is 0 Å². The molecular formula is C28H40ClNO. The van der Waals surface area contributed by atoms with Crippen molar-refractivity contribution in [1.82, 2.24) is 4.98 Å². The molecule has 31 heavy (non-hydrogen) atoms. The summed E-state index contributed by atoms with van der Waals surface area (Å²) in [6, 6.07) is 10.4. The van der Waals surface area contributed by atoms with E-state index >= 15 is 0 Å². The smallest absolute Gasteiger partial charge is 0.137 e. The molecule has 170 valence electrons. The van der Waals surface area contributed by atoms with Gasteiger partial charge in [0.25, 0.3) is 0 Å². The minimum atomic E-state index is 0.679. The maximum atomic E-state index is 6.51. The van der Waals surface area contributed by atoms with E-state index < -0.39 is 0 Å². The first-order chi connectivity index (χ1) is 15.3. The molecule has 0 spiro atoms. The number of hydrogen-bond donors (Lipinski definition) is 0. The third-order valence-corrected chi connectivity index (χ3v) is 6.87. The maximum Gasteiger partial charge on any atom is 0.137 e. The highest BCUT2D eigenvalue weighted by molar-refractivity contribution is 6.32. The summed E-state index contributed by atoms with van der Waals surface area (Å²) in [5, 5.41) is 0.679. The molecule has 0 bridgehead atoms. The van der Waals surface area contributed by atoms with Crippen LogP contribution in [-0.4, -0.2) is 11.6 Å². The van der Waals surface area contributed by atoms with Gasteiger partial charge in [0.2, 0.25) is 0 Å². The molecule has 0 N–H and O–H groups in total. The molecule has 0 atom stereocenters. The van der Waals surface area contributed by atoms with Crippen LogP contribution in [0.1, 0.15) is 96.0 Å². The molecule has 1 aliphatic rings. The van der Waals surface area contributed by atoms with Gasteiger partial charge in [-0.2, -0.15) is 0 Å². The summed E-state index contributed by atoms with van der Waals surface area (Å²) in [4.78, 5) is 4.69. The number of pyridine rings is 1. The second kappa shape index (κ2) is 13.8. The van der Waals surface area contributed by atoms with Gasteiger partial charge in [0, 0.05) is 11.8 Å². The lowest BCUT2D eigenvalue weighted by atomic mass is 9.90. The summed E-state index contributed by atoms with van der Waals surface area (Å²) in [6.45, 7) is 3.06. The summed E-state index contributed by atoms with van der Waals surface area (Å²) in [6.07, 6.45) is 20.6. The highest BCUT2D eigenvalue weighted by Crippen LogP contribution is 2.31. The van der Waals surface area contributed by atoms with Crippen LogP contribution in [0.25, 0.3) is 11.3 Å². The van der Waals surface area contributed by atoms with Crippen LogP contribution < -0.4 is 4.74 Å². The lowest BCUT2D eigenvalue weighted by molar-refractivity contribution is 0.209. The number of benzene rings is 1. The molecule has 1 aromatic carbocycles. The number of nitrogens with zero attached hydrogens (tertiary/aromatic N) is 1. The summed E-state index contributed by atoms with van der Waals surface area (Å²) in [7, 11) is 0. The van der Waals surface area contributed by atoms with Crippen molar-refractivity contribution in [3.05, 3.63) is 47.1 Å². The van der Waals surface area contributed by atoms with Gasteiger partial charge in [-0.25, -0.2) is 0 Å². The number of hydrogen-bond acceptors (Lipinski definition) is 2. The van der Waals surface area contributed by atoms with Gasteiger partial charge in [-0.1, -0.05) is 88.8 Å². The van der Waals surface area contributed by atoms with E-state index in [1.54, 1.807) is 0 Å². The van der Waals surface area contributed by atoms with E-state index in [1.165, 1.54) is 89.0 Å². The molecule has 0 unspecified atom stereocenters. The summed E-state index contributed by atoms with van der Waals surface area (Å²) < 4.78 is 6.03. The standard InChI is InChI=1S/C28H40ClNO/c1-2-3-4-5-6-7-8-10-13-23-16-18-27(30-21-23)25-17-19-28(26(29)20-25)31-22-24-14-11-9-12-15-24/h16-21,24H,2-15,22H2,1H3. The fourth-order valence-corrected chi connectivity index (χ4v) is 4.78. The Labute approximate surface area is 194 Å². The van der Waals surface area contributed by atoms with Crippen LogP contribution in [0.5, 0.6) is 5.75 Å². The molecule has 1 saturated carbocycles. The van der Waals surface area contributed by atoms with E-state index in [9.17, 15) is 0 Å². The number of aryl methyl sites for hydroxylation is 1. The van der Waals surface area contributed by atoms with Gasteiger partial charge < -0.3 is 4.74 Å². The van der Waals surface area contributed by atoms with Crippen LogP contribution in [-0.2, 0) is 6.42 Å². The first kappa shape index (κ1) is 24.1. The van der Waals surface area contributed by atoms with Crippen molar-refractivity contribution in [1.29, 1.82) is 0 Å². The maximum absolute atomic E-state index is 6.51. The fraction of sp³-hybridized carbons (Fsp3) is 0.607. The third kappa shape index (κ3) is 8.48. The summed E-state index contributed by atoms with van der Waals surface area (Å²) >= 11 is 6.51. The molecule has 0 radical (unpaired) electrons. The summed E-state index contributed by atoms with van der Waals surface area (Å²) in [5.74, 6) is 1.47. The number of halogens is 1. The first-order valence-corrected chi connectivity index (χ1v) is 13.0. The van der Waals surface area contributed by atoms with Crippen molar-refractivity contribution in [3.63, 3.8) is 0 Å². The molecule has 1 aliphatic carbocycles. The SMILES string of the molecule is CCCCCCCCCCc1ccc(-c2ccc(OCC3CCCCC3)c(Cl)c2)nc1. The zero-order valence-electron chi connectivity index (χ0n) is 19.4. The number of aromatic nitrogens is 1. The average molecular weight is 442 g/mol. The number of unbranched alkanes of at least 4 members (excludes halogenated alkanes) is 7. The Hall–Kier alpha value is -1.54. The van der Waals surface area contributed by atoms with E-state index in [4.69, 9.17) is 16.3 Å². The molecule has 2 aromatic rings. The predicted molar refractivity (Wildman–Crippen MR) is 133 cm³/mol. The lowest BCUT2D eigenvalue weighted by Gasteiger charge is -2.22. The summed E-state index contributed by atoms with van der Waals surface area (Å²) in [5.41, 5.74) is 3.35. The molecule has 0 saturated heterocycles.